The number of carbonyl (C=O) groups is 2. The van der Waals surface area contributed by atoms with Crippen molar-refractivity contribution in [1.82, 2.24) is 9.38 Å². The summed E-state index contributed by atoms with van der Waals surface area (Å²) in [6.45, 7) is 0. The number of aromatic carboxylic acids is 1. The average molecular weight is 239 g/mol. The van der Waals surface area contributed by atoms with Crippen molar-refractivity contribution < 1.29 is 14.7 Å². The van der Waals surface area contributed by atoms with Gasteiger partial charge in [0.2, 0.25) is 0 Å². The van der Waals surface area contributed by atoms with Crippen molar-refractivity contribution in [3.8, 4) is 0 Å². The monoisotopic (exact) mass is 238 g/mol. The number of rotatable bonds is 3. The maximum absolute atomic E-state index is 11.0. The molecule has 0 aliphatic rings. The van der Waals surface area contributed by atoms with Gasteiger partial charge >= 0.3 is 5.97 Å². The van der Waals surface area contributed by atoms with Gasteiger partial charge in [0, 0.05) is 6.20 Å². The molecule has 0 unspecified atom stereocenters. The Hall–Kier alpha value is -1.88. The number of imidazole rings is 1. The largest absolute Gasteiger partial charge is 0.476 e. The Morgan fingerprint density at radius 2 is 2.38 bits per heavy atom. The summed E-state index contributed by atoms with van der Waals surface area (Å²) in [5.74, 6) is -0.798. The van der Waals surface area contributed by atoms with E-state index in [4.69, 9.17) is 16.7 Å². The van der Waals surface area contributed by atoms with E-state index < -0.39 is 5.97 Å². The maximum Gasteiger partial charge on any atom is 0.356 e. The number of hydrogen-bond donors (Lipinski definition) is 1. The third kappa shape index (κ3) is 1.55. The lowest BCUT2D eigenvalue weighted by atomic mass is 10.3. The zero-order valence-electron chi connectivity index (χ0n) is 8.05. The normalized spacial score (nSPS) is 10.6. The van der Waals surface area contributed by atoms with Gasteiger partial charge in [-0.2, -0.15) is 0 Å². The first-order valence-corrected chi connectivity index (χ1v) is 4.85. The van der Waals surface area contributed by atoms with E-state index in [2.05, 4.69) is 4.98 Å². The van der Waals surface area contributed by atoms with Gasteiger partial charge in [0.1, 0.15) is 12.1 Å². The second-order valence-corrected chi connectivity index (χ2v) is 3.53. The molecule has 2 aromatic rings. The molecular weight excluding hydrogens is 232 g/mol. The van der Waals surface area contributed by atoms with Crippen molar-refractivity contribution >= 4 is 29.4 Å². The molecule has 0 aromatic carbocycles. The number of pyridine rings is 1. The first kappa shape index (κ1) is 10.6. The van der Waals surface area contributed by atoms with Crippen molar-refractivity contribution in [3.05, 3.63) is 34.9 Å². The van der Waals surface area contributed by atoms with Crippen LogP contribution >= 0.6 is 11.6 Å². The van der Waals surface area contributed by atoms with Gasteiger partial charge in [-0.15, -0.1) is 0 Å². The first-order chi connectivity index (χ1) is 7.65. The second-order valence-electron chi connectivity index (χ2n) is 3.13. The number of aromatic nitrogens is 2. The number of halogens is 1. The maximum atomic E-state index is 11.0. The minimum Gasteiger partial charge on any atom is -0.476 e. The predicted molar refractivity (Wildman–Crippen MR) is 56.9 cm³/mol. The van der Waals surface area contributed by atoms with Crippen LogP contribution in [-0.2, 0) is 11.2 Å². The average Bonchev–Trinajstić information content (AvgIpc) is 2.60. The quantitative estimate of drug-likeness (QED) is 0.821. The van der Waals surface area contributed by atoms with Crippen LogP contribution < -0.4 is 0 Å². The third-order valence-corrected chi connectivity index (χ3v) is 2.46. The summed E-state index contributed by atoms with van der Waals surface area (Å²) in [4.78, 5) is 25.3. The van der Waals surface area contributed by atoms with Gasteiger partial charge in [-0.1, -0.05) is 11.6 Å². The standard InChI is InChI=1S/C10H7ClN2O3/c11-6-2-1-4-13-7(3-5-14)12-8(9(6)13)10(15)16/h1-2,4-5H,3H2,(H,15,16). The van der Waals surface area contributed by atoms with Crippen LogP contribution in [0.3, 0.4) is 0 Å². The molecule has 82 valence electrons. The van der Waals surface area contributed by atoms with Gasteiger partial charge in [-0.25, -0.2) is 9.78 Å². The Labute approximate surface area is 95.3 Å². The van der Waals surface area contributed by atoms with Gasteiger partial charge < -0.3 is 14.3 Å². The van der Waals surface area contributed by atoms with E-state index in [-0.39, 0.29) is 12.1 Å². The molecule has 0 saturated heterocycles. The minimum atomic E-state index is -1.16. The van der Waals surface area contributed by atoms with E-state index in [1.54, 1.807) is 18.3 Å². The molecule has 0 radical (unpaired) electrons. The van der Waals surface area contributed by atoms with Crippen LogP contribution in [0.1, 0.15) is 16.3 Å². The lowest BCUT2D eigenvalue weighted by Gasteiger charge is -1.98. The zero-order valence-corrected chi connectivity index (χ0v) is 8.81. The van der Waals surface area contributed by atoms with Crippen LogP contribution in [-0.4, -0.2) is 26.7 Å². The highest BCUT2D eigenvalue weighted by molar-refractivity contribution is 6.34. The van der Waals surface area contributed by atoms with Crippen molar-refractivity contribution in [2.45, 2.75) is 6.42 Å². The SMILES string of the molecule is O=CCc1nc(C(=O)O)c2c(Cl)cccn12. The molecule has 2 rings (SSSR count). The molecule has 0 spiro atoms. The first-order valence-electron chi connectivity index (χ1n) is 4.47. The van der Waals surface area contributed by atoms with Gasteiger partial charge in [0.25, 0.3) is 0 Å². The molecule has 6 heteroatoms. The van der Waals surface area contributed by atoms with Crippen LogP contribution in [0.5, 0.6) is 0 Å². The zero-order chi connectivity index (χ0) is 11.7. The molecule has 0 atom stereocenters. The van der Waals surface area contributed by atoms with Crippen LogP contribution in [0.15, 0.2) is 18.3 Å². The van der Waals surface area contributed by atoms with Crippen molar-refractivity contribution in [1.29, 1.82) is 0 Å². The van der Waals surface area contributed by atoms with Gasteiger partial charge in [0.05, 0.1) is 17.0 Å². The molecule has 0 aliphatic heterocycles. The van der Waals surface area contributed by atoms with Gasteiger partial charge in [0.15, 0.2) is 5.69 Å². The molecule has 5 nitrogen and oxygen atoms in total. The number of hydrogen-bond acceptors (Lipinski definition) is 3. The topological polar surface area (TPSA) is 71.7 Å². The fourth-order valence-corrected chi connectivity index (χ4v) is 1.78. The van der Waals surface area contributed by atoms with Gasteiger partial charge in [-0.05, 0) is 12.1 Å². The molecule has 1 N–H and O–H groups in total. The highest BCUT2D eigenvalue weighted by Gasteiger charge is 2.18. The van der Waals surface area contributed by atoms with E-state index >= 15 is 0 Å². The summed E-state index contributed by atoms with van der Waals surface area (Å²) in [6.07, 6.45) is 2.34. The Bertz CT molecular complexity index is 577. The molecular formula is C10H7ClN2O3. The minimum absolute atomic E-state index is 0.0504. The van der Waals surface area contributed by atoms with E-state index in [0.717, 1.165) is 0 Å². The summed E-state index contributed by atoms with van der Waals surface area (Å²) in [7, 11) is 0. The van der Waals surface area contributed by atoms with E-state index in [9.17, 15) is 9.59 Å². The summed E-state index contributed by atoms with van der Waals surface area (Å²) >= 11 is 5.91. The number of carbonyl (C=O) groups excluding carboxylic acids is 1. The van der Waals surface area contributed by atoms with E-state index in [0.29, 0.717) is 22.6 Å². The van der Waals surface area contributed by atoms with E-state index in [1.165, 1.54) is 4.40 Å². The third-order valence-electron chi connectivity index (χ3n) is 2.16. The summed E-state index contributed by atoms with van der Waals surface area (Å²) < 4.78 is 1.51. The molecule has 2 heterocycles. The molecule has 0 fully saturated rings. The molecule has 2 aromatic heterocycles. The Morgan fingerprint density at radius 1 is 1.62 bits per heavy atom. The number of carboxylic acids is 1. The highest BCUT2D eigenvalue weighted by atomic mass is 35.5. The van der Waals surface area contributed by atoms with Gasteiger partial charge in [-0.3, -0.25) is 0 Å². The summed E-state index contributed by atoms with van der Waals surface area (Å²) in [6, 6.07) is 3.24. The van der Waals surface area contributed by atoms with Crippen LogP contribution in [0.2, 0.25) is 5.02 Å². The smallest absolute Gasteiger partial charge is 0.356 e. The number of fused-ring (bicyclic) bond motifs is 1. The van der Waals surface area contributed by atoms with Crippen molar-refractivity contribution in [3.63, 3.8) is 0 Å². The summed E-state index contributed by atoms with van der Waals surface area (Å²) in [5, 5.41) is 9.26. The molecule has 0 saturated carbocycles. The molecule has 0 amide bonds. The Morgan fingerprint density at radius 3 is 3.00 bits per heavy atom. The molecule has 0 bridgehead atoms. The lowest BCUT2D eigenvalue weighted by Crippen LogP contribution is -1.97. The molecule has 16 heavy (non-hydrogen) atoms. The fourth-order valence-electron chi connectivity index (χ4n) is 1.53. The Balaban J connectivity index is 2.81. The predicted octanol–water partition coefficient (Wildman–Crippen LogP) is 1.43. The van der Waals surface area contributed by atoms with Crippen LogP contribution in [0.25, 0.3) is 5.52 Å². The van der Waals surface area contributed by atoms with E-state index in [1.807, 2.05) is 0 Å². The number of aldehydes is 1. The number of carboxylic acid groups (broad SMARTS) is 1. The van der Waals surface area contributed by atoms with Crippen molar-refractivity contribution in [2.24, 2.45) is 0 Å². The Kier molecular flexibility index (Phi) is 2.62. The highest BCUT2D eigenvalue weighted by Crippen LogP contribution is 2.22. The van der Waals surface area contributed by atoms with Crippen LogP contribution in [0, 0.1) is 0 Å². The summed E-state index contributed by atoms with van der Waals surface area (Å²) in [5.41, 5.74) is 0.177. The number of nitrogens with zero attached hydrogens (tertiary/aromatic N) is 2. The molecule has 0 aliphatic carbocycles. The van der Waals surface area contributed by atoms with Crippen LogP contribution in [0.4, 0.5) is 0 Å². The second kappa shape index (κ2) is 3.94. The fraction of sp³-hybridized carbons (Fsp3) is 0.100. The lowest BCUT2D eigenvalue weighted by molar-refractivity contribution is -0.107. The van der Waals surface area contributed by atoms with Crippen molar-refractivity contribution in [2.75, 3.05) is 0 Å².